The lowest BCUT2D eigenvalue weighted by atomic mass is 9.86. The van der Waals surface area contributed by atoms with Crippen molar-refractivity contribution in [3.05, 3.63) is 69.8 Å². The minimum atomic E-state index is -0.238. The molecule has 1 aliphatic heterocycles. The number of aromatic nitrogens is 3. The largest absolute Gasteiger partial charge is 0.381 e. The molecule has 5 rings (SSSR count). The van der Waals surface area contributed by atoms with E-state index in [0.717, 1.165) is 58.0 Å². The van der Waals surface area contributed by atoms with Crippen LogP contribution in [-0.4, -0.2) is 27.7 Å². The third kappa shape index (κ3) is 3.43. The van der Waals surface area contributed by atoms with Gasteiger partial charge in [-0.05, 0) is 64.5 Å². The molecule has 0 aliphatic carbocycles. The van der Waals surface area contributed by atoms with Crippen molar-refractivity contribution >= 4 is 49.5 Å². The van der Waals surface area contributed by atoms with E-state index >= 15 is 0 Å². The Balaban J connectivity index is 1.83. The number of hydrogen-bond acceptors (Lipinski definition) is 3. The van der Waals surface area contributed by atoms with Crippen LogP contribution in [0.2, 0.25) is 5.15 Å². The summed E-state index contributed by atoms with van der Waals surface area (Å²) in [7, 11) is 0. The van der Waals surface area contributed by atoms with E-state index in [1.807, 2.05) is 18.2 Å². The van der Waals surface area contributed by atoms with Crippen LogP contribution in [0.15, 0.2) is 53.3 Å². The zero-order valence-electron chi connectivity index (χ0n) is 15.5. The summed E-state index contributed by atoms with van der Waals surface area (Å²) >= 11 is 9.85. The molecular weight excluding hydrogens is 457 g/mol. The van der Waals surface area contributed by atoms with Gasteiger partial charge in [0.05, 0.1) is 22.6 Å². The molecule has 0 saturated carbocycles. The first-order valence-corrected chi connectivity index (χ1v) is 10.7. The fourth-order valence-electron chi connectivity index (χ4n) is 4.37. The van der Waals surface area contributed by atoms with Gasteiger partial charge < -0.3 is 9.30 Å². The maximum Gasteiger partial charge on any atom is 0.131 e. The van der Waals surface area contributed by atoms with Crippen molar-refractivity contribution in [1.82, 2.24) is 14.5 Å². The Morgan fingerprint density at radius 3 is 2.59 bits per heavy atom. The highest BCUT2D eigenvalue weighted by Gasteiger charge is 2.30. The Hall–Kier alpha value is -2.02. The standard InChI is InChI=1S/C22H18BrClFN3O/c23-15-9-19-21(27-11-15)17-12-26-20(24)10-18(17)28(19)22(14-5-7-29-8-6-14)13-1-3-16(25)4-2-13/h1-4,9-12,14,22H,5-8H2/t22-/m1/s1. The molecule has 3 aromatic heterocycles. The highest BCUT2D eigenvalue weighted by molar-refractivity contribution is 9.10. The van der Waals surface area contributed by atoms with Gasteiger partial charge in [0.2, 0.25) is 0 Å². The topological polar surface area (TPSA) is 39.9 Å². The summed E-state index contributed by atoms with van der Waals surface area (Å²) in [6.07, 6.45) is 5.44. The number of fused-ring (bicyclic) bond motifs is 3. The Morgan fingerprint density at radius 2 is 1.83 bits per heavy atom. The van der Waals surface area contributed by atoms with Crippen LogP contribution in [0.5, 0.6) is 0 Å². The Labute approximate surface area is 180 Å². The van der Waals surface area contributed by atoms with E-state index in [2.05, 4.69) is 36.5 Å². The molecule has 1 atom stereocenters. The van der Waals surface area contributed by atoms with Gasteiger partial charge in [0.15, 0.2) is 0 Å². The van der Waals surface area contributed by atoms with Crippen LogP contribution in [0.25, 0.3) is 21.9 Å². The molecule has 0 amide bonds. The first kappa shape index (κ1) is 19.0. The van der Waals surface area contributed by atoms with E-state index in [4.69, 9.17) is 16.3 Å². The molecular formula is C22H18BrClFN3O. The normalized spacial score (nSPS) is 16.5. The fourth-order valence-corrected chi connectivity index (χ4v) is 4.85. The first-order valence-electron chi connectivity index (χ1n) is 9.56. The average molecular weight is 475 g/mol. The maximum atomic E-state index is 13.7. The van der Waals surface area contributed by atoms with Crippen molar-refractivity contribution in [3.8, 4) is 0 Å². The summed E-state index contributed by atoms with van der Waals surface area (Å²) in [6, 6.07) is 10.8. The lowest BCUT2D eigenvalue weighted by Gasteiger charge is -2.33. The summed E-state index contributed by atoms with van der Waals surface area (Å²) in [5.74, 6) is 0.109. The van der Waals surface area contributed by atoms with Gasteiger partial charge in [-0.2, -0.15) is 0 Å². The minimum absolute atomic E-state index is 0.00840. The zero-order valence-corrected chi connectivity index (χ0v) is 17.8. The number of ether oxygens (including phenoxy) is 1. The van der Waals surface area contributed by atoms with E-state index < -0.39 is 0 Å². The SMILES string of the molecule is Fc1ccc([C@H](C2CCOCC2)n2c3cc(Cl)ncc3c3ncc(Br)cc32)cc1. The van der Waals surface area contributed by atoms with Crippen molar-refractivity contribution in [2.45, 2.75) is 18.9 Å². The highest BCUT2D eigenvalue weighted by atomic mass is 79.9. The van der Waals surface area contributed by atoms with Gasteiger partial charge in [-0.15, -0.1) is 0 Å². The van der Waals surface area contributed by atoms with E-state index in [-0.39, 0.29) is 11.9 Å². The maximum absolute atomic E-state index is 13.7. The number of rotatable bonds is 3. The predicted molar refractivity (Wildman–Crippen MR) is 116 cm³/mol. The number of hydrogen-bond donors (Lipinski definition) is 0. The first-order chi connectivity index (χ1) is 14.1. The summed E-state index contributed by atoms with van der Waals surface area (Å²) in [6.45, 7) is 1.45. The lowest BCUT2D eigenvalue weighted by Crippen LogP contribution is -2.27. The third-order valence-corrected chi connectivity index (χ3v) is 6.30. The molecule has 1 saturated heterocycles. The molecule has 0 unspecified atom stereocenters. The average Bonchev–Trinajstić information content (AvgIpc) is 3.03. The van der Waals surface area contributed by atoms with E-state index in [9.17, 15) is 4.39 Å². The van der Waals surface area contributed by atoms with Crippen LogP contribution in [0.4, 0.5) is 4.39 Å². The van der Waals surface area contributed by atoms with Gasteiger partial charge in [0.1, 0.15) is 11.0 Å². The van der Waals surface area contributed by atoms with Gasteiger partial charge in [-0.25, -0.2) is 9.37 Å². The van der Waals surface area contributed by atoms with Gasteiger partial charge in [-0.1, -0.05) is 23.7 Å². The molecule has 1 aromatic carbocycles. The summed E-state index contributed by atoms with van der Waals surface area (Å²) in [4.78, 5) is 8.94. The smallest absolute Gasteiger partial charge is 0.131 e. The molecule has 1 fully saturated rings. The van der Waals surface area contributed by atoms with E-state index in [0.29, 0.717) is 11.1 Å². The van der Waals surface area contributed by atoms with Crippen molar-refractivity contribution in [2.75, 3.05) is 13.2 Å². The second kappa shape index (κ2) is 7.67. The van der Waals surface area contributed by atoms with Crippen molar-refractivity contribution < 1.29 is 9.13 Å². The number of benzene rings is 1. The monoisotopic (exact) mass is 473 g/mol. The summed E-state index contributed by atoms with van der Waals surface area (Å²) in [5, 5.41) is 1.39. The molecule has 29 heavy (non-hydrogen) atoms. The second-order valence-electron chi connectivity index (χ2n) is 7.36. The van der Waals surface area contributed by atoms with Crippen LogP contribution in [-0.2, 0) is 4.74 Å². The van der Waals surface area contributed by atoms with Crippen LogP contribution in [0.1, 0.15) is 24.4 Å². The third-order valence-electron chi connectivity index (χ3n) is 5.66. The zero-order chi connectivity index (χ0) is 20.0. The van der Waals surface area contributed by atoms with Gasteiger partial charge in [0.25, 0.3) is 0 Å². The minimum Gasteiger partial charge on any atom is -0.381 e. The van der Waals surface area contributed by atoms with Crippen LogP contribution in [0, 0.1) is 11.7 Å². The molecule has 148 valence electrons. The van der Waals surface area contributed by atoms with E-state index in [1.165, 1.54) is 12.1 Å². The molecule has 4 nitrogen and oxygen atoms in total. The van der Waals surface area contributed by atoms with Gasteiger partial charge in [0, 0.05) is 35.5 Å². The molecule has 0 N–H and O–H groups in total. The lowest BCUT2D eigenvalue weighted by molar-refractivity contribution is 0.0552. The fraction of sp³-hybridized carbons (Fsp3) is 0.273. The van der Waals surface area contributed by atoms with Crippen molar-refractivity contribution in [3.63, 3.8) is 0 Å². The van der Waals surface area contributed by atoms with Crippen LogP contribution in [0.3, 0.4) is 0 Å². The number of halogens is 3. The molecule has 1 aliphatic rings. The quantitative estimate of drug-likeness (QED) is 0.334. The van der Waals surface area contributed by atoms with E-state index in [1.54, 1.807) is 12.4 Å². The predicted octanol–water partition coefficient (Wildman–Crippen LogP) is 6.16. The van der Waals surface area contributed by atoms with Crippen LogP contribution < -0.4 is 0 Å². The summed E-state index contributed by atoms with van der Waals surface area (Å²) < 4.78 is 22.5. The Kier molecular flexibility index (Phi) is 5.02. The van der Waals surface area contributed by atoms with Gasteiger partial charge in [-0.3, -0.25) is 4.98 Å². The Morgan fingerprint density at radius 1 is 1.07 bits per heavy atom. The molecule has 4 aromatic rings. The molecule has 4 heterocycles. The van der Waals surface area contributed by atoms with Crippen molar-refractivity contribution in [1.29, 1.82) is 0 Å². The Bertz CT molecular complexity index is 1130. The molecule has 0 radical (unpaired) electrons. The highest BCUT2D eigenvalue weighted by Crippen LogP contribution is 2.40. The van der Waals surface area contributed by atoms with Gasteiger partial charge >= 0.3 is 0 Å². The number of nitrogens with zero attached hydrogens (tertiary/aromatic N) is 3. The molecule has 0 spiro atoms. The number of pyridine rings is 2. The van der Waals surface area contributed by atoms with Crippen molar-refractivity contribution in [2.24, 2.45) is 5.92 Å². The van der Waals surface area contributed by atoms with Crippen LogP contribution >= 0.6 is 27.5 Å². The summed E-state index contributed by atoms with van der Waals surface area (Å²) in [5.41, 5.74) is 3.92. The molecule has 7 heteroatoms. The second-order valence-corrected chi connectivity index (χ2v) is 8.66. The molecule has 0 bridgehead atoms.